The molecular weight excluding hydrogens is 558 g/mol. The Morgan fingerprint density at radius 3 is 1.47 bits per heavy atom. The first kappa shape index (κ1) is 33.1. The fourth-order valence-corrected chi connectivity index (χ4v) is 4.39. The van der Waals surface area contributed by atoms with Gasteiger partial charge in [0.15, 0.2) is 25.6 Å². The number of nitrogens with two attached hydrogens (primary N) is 2. The molecule has 0 saturated heterocycles. The van der Waals surface area contributed by atoms with Gasteiger partial charge >= 0.3 is 5.97 Å². The number of amides is 1. The third-order valence-corrected chi connectivity index (χ3v) is 6.56. The number of sulfone groups is 2. The van der Waals surface area contributed by atoms with Crippen LogP contribution >= 0.6 is 12.4 Å². The molecule has 2 aromatic rings. The lowest BCUT2D eigenvalue weighted by Crippen LogP contribution is -2.24. The van der Waals surface area contributed by atoms with Crippen molar-refractivity contribution in [3.8, 4) is 36.8 Å². The monoisotopic (exact) mass is 575 g/mol. The van der Waals surface area contributed by atoms with Gasteiger partial charge in [-0.1, -0.05) is 11.8 Å². The van der Waals surface area contributed by atoms with E-state index in [2.05, 4.69) is 16.8 Å². The predicted octanol–water partition coefficient (Wildman–Crippen LogP) is 0.420. The minimum atomic E-state index is -3.71. The molecular formula is C23H18ClN5O7S2. The Morgan fingerprint density at radius 1 is 0.816 bits per heavy atom. The Hall–Kier alpha value is -4.86. The Labute approximate surface area is 224 Å². The van der Waals surface area contributed by atoms with Crippen molar-refractivity contribution in [3.63, 3.8) is 0 Å². The van der Waals surface area contributed by atoms with Crippen LogP contribution in [0.5, 0.6) is 0 Å². The summed E-state index contributed by atoms with van der Waals surface area (Å²) in [6.07, 6.45) is 12.1. The number of carboxylic acids is 1. The second-order valence-electron chi connectivity index (χ2n) is 6.99. The van der Waals surface area contributed by atoms with Gasteiger partial charge in [0.05, 0.1) is 32.0 Å². The van der Waals surface area contributed by atoms with Gasteiger partial charge in [0.2, 0.25) is 0 Å². The summed E-state index contributed by atoms with van der Waals surface area (Å²) in [5.41, 5.74) is 9.39. The topological polar surface area (TPSA) is 235 Å². The molecule has 0 unspecified atom stereocenters. The molecule has 38 heavy (non-hydrogen) atoms. The van der Waals surface area contributed by atoms with Crippen molar-refractivity contribution in [2.45, 2.75) is 9.79 Å². The van der Waals surface area contributed by atoms with Gasteiger partial charge < -0.3 is 16.6 Å². The van der Waals surface area contributed by atoms with Gasteiger partial charge in [-0.2, -0.15) is 15.5 Å². The highest BCUT2D eigenvalue weighted by Crippen LogP contribution is 2.22. The molecule has 0 bridgehead atoms. The van der Waals surface area contributed by atoms with Crippen LogP contribution in [-0.2, 0) is 19.7 Å². The number of rotatable bonds is 4. The molecule has 2 rings (SSSR count). The fourth-order valence-electron chi connectivity index (χ4n) is 2.72. The summed E-state index contributed by atoms with van der Waals surface area (Å²) in [4.78, 5) is 25.3. The predicted molar refractivity (Wildman–Crippen MR) is 139 cm³/mol. The van der Waals surface area contributed by atoms with E-state index in [1.54, 1.807) is 12.1 Å². The number of nitrogens with zero attached hydrogens (tertiary/aromatic N) is 3. The first-order chi connectivity index (χ1) is 17.0. The molecule has 15 heteroatoms. The third-order valence-electron chi connectivity index (χ3n) is 4.28. The number of halogens is 1. The van der Waals surface area contributed by atoms with Crippen LogP contribution in [0.3, 0.4) is 0 Å². The highest BCUT2D eigenvalue weighted by molar-refractivity contribution is 7.91. The number of carboxylic acid groups (broad SMARTS) is 1. The van der Waals surface area contributed by atoms with Gasteiger partial charge in [-0.05, 0) is 24.3 Å². The van der Waals surface area contributed by atoms with Gasteiger partial charge in [0, 0.05) is 23.6 Å². The lowest BCUT2D eigenvalue weighted by Gasteiger charge is -2.06. The number of terminal acetylenes is 2. The molecule has 12 nitrogen and oxygen atoms in total. The van der Waals surface area contributed by atoms with E-state index in [0.29, 0.717) is 0 Å². The van der Waals surface area contributed by atoms with E-state index >= 15 is 0 Å². The number of hydrogen-bond donors (Lipinski definition) is 3. The van der Waals surface area contributed by atoms with Crippen LogP contribution in [0.4, 0.5) is 0 Å². The van der Waals surface area contributed by atoms with E-state index in [0.717, 1.165) is 36.8 Å². The van der Waals surface area contributed by atoms with E-state index in [-0.39, 0.29) is 55.6 Å². The minimum absolute atomic E-state index is 0. The van der Waals surface area contributed by atoms with E-state index < -0.39 is 37.5 Å². The average Bonchev–Trinajstić information content (AvgIpc) is 2.80. The van der Waals surface area contributed by atoms with Crippen LogP contribution in [0.15, 0.2) is 39.0 Å². The summed E-state index contributed by atoms with van der Waals surface area (Å²) < 4.78 is 46.0. The number of aromatic carboxylic acids is 1. The van der Waals surface area contributed by atoms with Gasteiger partial charge in [-0.15, -0.1) is 25.3 Å². The van der Waals surface area contributed by atoms with Gasteiger partial charge in [-0.25, -0.2) is 21.6 Å². The molecule has 0 heterocycles. The molecule has 1 amide bonds. The van der Waals surface area contributed by atoms with E-state index in [1.807, 2.05) is 0 Å². The SMILES string of the molecule is C#Cc1cc(C#N)c(S(C)(=O)=O)cc1C(=O)N=C(N)N.C#Cc1cc(C#N)c(S(C)(=O)=O)cc1C(=O)O.Cl. The fraction of sp³-hybridized carbons (Fsp3) is 0.0870. The van der Waals surface area contributed by atoms with Crippen molar-refractivity contribution in [3.05, 3.63) is 57.6 Å². The van der Waals surface area contributed by atoms with Crippen molar-refractivity contribution in [1.29, 1.82) is 10.5 Å². The molecule has 5 N–H and O–H groups in total. The van der Waals surface area contributed by atoms with Crippen molar-refractivity contribution in [2.75, 3.05) is 12.5 Å². The van der Waals surface area contributed by atoms with Gasteiger partial charge in [-0.3, -0.25) is 4.79 Å². The molecule has 0 aliphatic heterocycles. The molecule has 0 spiro atoms. The summed E-state index contributed by atoms with van der Waals surface area (Å²) in [6.45, 7) is 0. The Bertz CT molecular complexity index is 1730. The molecule has 0 saturated carbocycles. The zero-order valence-electron chi connectivity index (χ0n) is 19.6. The van der Waals surface area contributed by atoms with Gasteiger partial charge in [0.25, 0.3) is 5.91 Å². The first-order valence-corrected chi connectivity index (χ1v) is 13.2. The minimum Gasteiger partial charge on any atom is -0.478 e. The smallest absolute Gasteiger partial charge is 0.337 e. The molecule has 0 atom stereocenters. The molecule has 0 fully saturated rings. The highest BCUT2D eigenvalue weighted by Gasteiger charge is 2.21. The van der Waals surface area contributed by atoms with E-state index in [9.17, 15) is 26.4 Å². The normalized spacial score (nSPS) is 9.95. The van der Waals surface area contributed by atoms with Gasteiger partial charge in [0.1, 0.15) is 12.1 Å². The summed E-state index contributed by atoms with van der Waals surface area (Å²) >= 11 is 0. The number of carbonyl (C=O) groups excluding carboxylic acids is 1. The maximum atomic E-state index is 11.8. The molecule has 0 radical (unpaired) electrons. The Kier molecular flexibility index (Phi) is 11.3. The Morgan fingerprint density at radius 2 is 1.18 bits per heavy atom. The van der Waals surface area contributed by atoms with E-state index in [4.69, 9.17) is 39.9 Å². The number of carbonyl (C=O) groups is 2. The quantitative estimate of drug-likeness (QED) is 0.256. The van der Waals surface area contributed by atoms with Crippen LogP contribution < -0.4 is 11.5 Å². The number of benzene rings is 2. The number of aliphatic imine (C=N–C) groups is 1. The van der Waals surface area contributed by atoms with Crippen molar-refractivity contribution >= 4 is 49.9 Å². The van der Waals surface area contributed by atoms with E-state index in [1.165, 1.54) is 0 Å². The number of nitriles is 2. The third kappa shape index (κ3) is 8.09. The zero-order valence-corrected chi connectivity index (χ0v) is 22.0. The number of guanidine groups is 1. The molecule has 2 aromatic carbocycles. The largest absolute Gasteiger partial charge is 0.478 e. The molecule has 0 aliphatic carbocycles. The van der Waals surface area contributed by atoms with Crippen LogP contribution in [0, 0.1) is 47.3 Å². The molecule has 196 valence electrons. The highest BCUT2D eigenvalue weighted by atomic mass is 35.5. The summed E-state index contributed by atoms with van der Waals surface area (Å²) in [5, 5.41) is 26.6. The number of hydrogen-bond acceptors (Lipinski definition) is 8. The van der Waals surface area contributed by atoms with Crippen LogP contribution in [0.2, 0.25) is 0 Å². The van der Waals surface area contributed by atoms with Crippen molar-refractivity contribution in [2.24, 2.45) is 16.5 Å². The lowest BCUT2D eigenvalue weighted by atomic mass is 10.0. The Balaban J connectivity index is 0.000000711. The maximum absolute atomic E-state index is 11.8. The van der Waals surface area contributed by atoms with Crippen molar-refractivity contribution in [1.82, 2.24) is 0 Å². The summed E-state index contributed by atoms with van der Waals surface area (Å²) in [5.74, 6) is 1.58. The maximum Gasteiger partial charge on any atom is 0.337 e. The first-order valence-electron chi connectivity index (χ1n) is 9.38. The second-order valence-corrected chi connectivity index (χ2v) is 11.0. The second kappa shape index (κ2) is 12.9. The lowest BCUT2D eigenvalue weighted by molar-refractivity contribution is 0.0696. The van der Waals surface area contributed by atoms with Crippen LogP contribution in [-0.4, -0.2) is 52.3 Å². The summed E-state index contributed by atoms with van der Waals surface area (Å²) in [7, 11) is -7.39. The van der Waals surface area contributed by atoms with Crippen molar-refractivity contribution < 1.29 is 31.5 Å². The summed E-state index contributed by atoms with van der Waals surface area (Å²) in [6, 6.07) is 7.51. The standard InChI is InChI=1S/C12H10N4O3S.C11H7NO4S.ClH/c1-3-7-4-8(6-13)10(20(2,18)19)5-9(7)11(17)16-12(14)15;1-3-7-4-8(6-12)10(17(2,15)16)5-9(7)11(13)14;/h1,4-5H,2H3,(H4,14,15,16,17);1,4-5H,2H3,(H,13,14);1H. The average molecular weight is 576 g/mol. The molecule has 0 aliphatic rings. The molecule has 0 aromatic heterocycles. The van der Waals surface area contributed by atoms with Crippen LogP contribution in [0.1, 0.15) is 43.0 Å². The zero-order chi connectivity index (χ0) is 28.7. The van der Waals surface area contributed by atoms with Crippen LogP contribution in [0.25, 0.3) is 0 Å².